The van der Waals surface area contributed by atoms with E-state index in [0.29, 0.717) is 6.04 Å². The van der Waals surface area contributed by atoms with E-state index in [-0.39, 0.29) is 0 Å². The van der Waals surface area contributed by atoms with Gasteiger partial charge in [0, 0.05) is 12.2 Å². The average Bonchev–Trinajstić information content (AvgIpc) is 2.94. The van der Waals surface area contributed by atoms with Crippen LogP contribution >= 0.6 is 11.3 Å². The van der Waals surface area contributed by atoms with Crippen LogP contribution in [0.4, 0.5) is 0 Å². The molecule has 0 aliphatic heterocycles. The molecule has 0 amide bonds. The van der Waals surface area contributed by atoms with Gasteiger partial charge in [-0.3, -0.25) is 0 Å². The Balaban J connectivity index is 2.00. The van der Waals surface area contributed by atoms with Crippen molar-refractivity contribution in [3.63, 3.8) is 0 Å². The lowest BCUT2D eigenvalue weighted by Gasteiger charge is -2.28. The molecule has 0 aromatic carbocycles. The van der Waals surface area contributed by atoms with Gasteiger partial charge in [0.05, 0.1) is 4.88 Å². The van der Waals surface area contributed by atoms with Gasteiger partial charge in [0.1, 0.15) is 5.52 Å². The third-order valence-electron chi connectivity index (χ3n) is 3.63. The Morgan fingerprint density at radius 3 is 2.89 bits per heavy atom. The van der Waals surface area contributed by atoms with E-state index in [9.17, 15) is 0 Å². The van der Waals surface area contributed by atoms with Gasteiger partial charge in [-0.05, 0) is 42.8 Å². The second-order valence-corrected chi connectivity index (χ2v) is 5.66. The Morgan fingerprint density at radius 1 is 1.22 bits per heavy atom. The summed E-state index contributed by atoms with van der Waals surface area (Å²) in [5.41, 5.74) is 2.04. The molecule has 4 heteroatoms. The van der Waals surface area contributed by atoms with Crippen molar-refractivity contribution >= 4 is 22.5 Å². The lowest BCUT2D eigenvalue weighted by molar-refractivity contribution is 0.322. The van der Waals surface area contributed by atoms with E-state index in [4.69, 9.17) is 4.98 Å². The number of hydrogen-bond donors (Lipinski definition) is 0. The van der Waals surface area contributed by atoms with Crippen molar-refractivity contribution in [3.05, 3.63) is 35.8 Å². The standard InChI is InChI=1S/C14H13N3S/c1-4-10(5-1)17-13-11(6-2-8-15-13)16-14(17)12-7-3-9-18-12/h2-3,6-10H,1,4-5H2. The Morgan fingerprint density at radius 2 is 2.17 bits per heavy atom. The highest BCUT2D eigenvalue weighted by Gasteiger charge is 2.25. The molecule has 4 rings (SSSR count). The fourth-order valence-electron chi connectivity index (χ4n) is 2.50. The summed E-state index contributed by atoms with van der Waals surface area (Å²) in [7, 11) is 0. The Hall–Kier alpha value is -1.68. The number of fused-ring (bicyclic) bond motifs is 1. The maximum absolute atomic E-state index is 4.77. The molecule has 1 aliphatic rings. The van der Waals surface area contributed by atoms with Crippen LogP contribution in [0.15, 0.2) is 35.8 Å². The SMILES string of the molecule is c1csc(-c2nc3cccnc3n2C2CCC2)c1. The van der Waals surface area contributed by atoms with Gasteiger partial charge in [0.15, 0.2) is 11.5 Å². The van der Waals surface area contributed by atoms with Gasteiger partial charge < -0.3 is 4.57 Å². The number of imidazole rings is 1. The zero-order valence-corrected chi connectivity index (χ0v) is 10.7. The second-order valence-electron chi connectivity index (χ2n) is 4.71. The highest BCUT2D eigenvalue weighted by Crippen LogP contribution is 2.38. The average molecular weight is 255 g/mol. The van der Waals surface area contributed by atoms with Crippen molar-refractivity contribution < 1.29 is 0 Å². The van der Waals surface area contributed by atoms with Crippen LogP contribution < -0.4 is 0 Å². The first-order chi connectivity index (χ1) is 8.93. The molecule has 1 fully saturated rings. The van der Waals surface area contributed by atoms with Crippen molar-refractivity contribution in [2.75, 3.05) is 0 Å². The summed E-state index contributed by atoms with van der Waals surface area (Å²) in [5.74, 6) is 1.09. The van der Waals surface area contributed by atoms with Crippen LogP contribution in [0, 0.1) is 0 Å². The van der Waals surface area contributed by atoms with Gasteiger partial charge in [-0.1, -0.05) is 6.07 Å². The normalized spacial score (nSPS) is 16.0. The minimum absolute atomic E-state index is 0.585. The summed E-state index contributed by atoms with van der Waals surface area (Å²) < 4.78 is 2.34. The Bertz CT molecular complexity index is 680. The van der Waals surface area contributed by atoms with Gasteiger partial charge in [0.25, 0.3) is 0 Å². The lowest BCUT2D eigenvalue weighted by atomic mass is 9.93. The predicted molar refractivity (Wildman–Crippen MR) is 73.7 cm³/mol. The van der Waals surface area contributed by atoms with E-state index in [0.717, 1.165) is 17.0 Å². The number of aromatic nitrogens is 3. The van der Waals surface area contributed by atoms with Gasteiger partial charge >= 0.3 is 0 Å². The van der Waals surface area contributed by atoms with Crippen LogP contribution in [-0.2, 0) is 0 Å². The van der Waals surface area contributed by atoms with Crippen molar-refractivity contribution in [1.29, 1.82) is 0 Å². The van der Waals surface area contributed by atoms with Crippen molar-refractivity contribution in [2.24, 2.45) is 0 Å². The number of thiophene rings is 1. The molecule has 1 saturated carbocycles. The maximum atomic E-state index is 4.77. The second kappa shape index (κ2) is 3.92. The van der Waals surface area contributed by atoms with E-state index in [1.807, 2.05) is 12.3 Å². The molecule has 3 aromatic heterocycles. The van der Waals surface area contributed by atoms with E-state index < -0.39 is 0 Å². The van der Waals surface area contributed by atoms with Crippen LogP contribution in [0.5, 0.6) is 0 Å². The minimum atomic E-state index is 0.585. The molecule has 0 atom stereocenters. The highest BCUT2D eigenvalue weighted by molar-refractivity contribution is 7.13. The van der Waals surface area contributed by atoms with Gasteiger partial charge in [-0.25, -0.2) is 9.97 Å². The molecule has 18 heavy (non-hydrogen) atoms. The number of pyridine rings is 1. The quantitative estimate of drug-likeness (QED) is 0.695. The number of rotatable bonds is 2. The third kappa shape index (κ3) is 1.42. The summed E-state index contributed by atoms with van der Waals surface area (Å²) >= 11 is 1.75. The zero-order valence-electron chi connectivity index (χ0n) is 9.91. The molecule has 0 saturated heterocycles. The van der Waals surface area contributed by atoms with Crippen LogP contribution in [0.1, 0.15) is 25.3 Å². The van der Waals surface area contributed by atoms with E-state index in [1.54, 1.807) is 11.3 Å². The first-order valence-corrected chi connectivity index (χ1v) is 7.18. The first kappa shape index (κ1) is 10.3. The van der Waals surface area contributed by atoms with Gasteiger partial charge in [0.2, 0.25) is 0 Å². The van der Waals surface area contributed by atoms with Crippen molar-refractivity contribution in [3.8, 4) is 10.7 Å². The highest BCUT2D eigenvalue weighted by atomic mass is 32.1. The smallest absolute Gasteiger partial charge is 0.160 e. The molecule has 1 aliphatic carbocycles. The number of hydrogen-bond acceptors (Lipinski definition) is 3. The van der Waals surface area contributed by atoms with Gasteiger partial charge in [-0.2, -0.15) is 0 Å². The monoisotopic (exact) mass is 255 g/mol. The van der Waals surface area contributed by atoms with Crippen molar-refractivity contribution in [2.45, 2.75) is 25.3 Å². The Labute approximate surface area is 109 Å². The third-order valence-corrected chi connectivity index (χ3v) is 4.50. The predicted octanol–water partition coefficient (Wildman–Crippen LogP) is 3.88. The number of nitrogens with zero attached hydrogens (tertiary/aromatic N) is 3. The zero-order chi connectivity index (χ0) is 11.9. The molecule has 0 spiro atoms. The molecule has 3 nitrogen and oxygen atoms in total. The van der Waals surface area contributed by atoms with Crippen LogP contribution in [-0.4, -0.2) is 14.5 Å². The summed E-state index contributed by atoms with van der Waals surface area (Å²) in [6, 6.07) is 8.81. The molecule has 0 unspecified atom stereocenters. The Kier molecular flexibility index (Phi) is 2.23. The molecule has 3 aromatic rings. The molecular formula is C14H13N3S. The molecule has 0 bridgehead atoms. The van der Waals surface area contributed by atoms with E-state index >= 15 is 0 Å². The molecule has 0 radical (unpaired) electrons. The largest absolute Gasteiger partial charge is 0.305 e. The summed E-state index contributed by atoms with van der Waals surface area (Å²) in [4.78, 5) is 10.5. The maximum Gasteiger partial charge on any atom is 0.160 e. The van der Waals surface area contributed by atoms with Crippen LogP contribution in [0.3, 0.4) is 0 Å². The van der Waals surface area contributed by atoms with Crippen molar-refractivity contribution in [1.82, 2.24) is 14.5 Å². The first-order valence-electron chi connectivity index (χ1n) is 6.30. The van der Waals surface area contributed by atoms with Crippen LogP contribution in [0.25, 0.3) is 21.9 Å². The summed E-state index contributed by atoms with van der Waals surface area (Å²) in [5, 5.41) is 2.10. The molecular weight excluding hydrogens is 242 g/mol. The molecule has 3 heterocycles. The minimum Gasteiger partial charge on any atom is -0.305 e. The molecule has 0 N–H and O–H groups in total. The van der Waals surface area contributed by atoms with Gasteiger partial charge in [-0.15, -0.1) is 11.3 Å². The van der Waals surface area contributed by atoms with E-state index in [2.05, 4.69) is 33.1 Å². The summed E-state index contributed by atoms with van der Waals surface area (Å²) in [6.07, 6.45) is 5.68. The van der Waals surface area contributed by atoms with Crippen LogP contribution in [0.2, 0.25) is 0 Å². The van der Waals surface area contributed by atoms with E-state index in [1.165, 1.54) is 24.1 Å². The fourth-order valence-corrected chi connectivity index (χ4v) is 3.21. The molecule has 90 valence electrons. The summed E-state index contributed by atoms with van der Waals surface area (Å²) in [6.45, 7) is 0. The lowest BCUT2D eigenvalue weighted by Crippen LogP contribution is -2.18. The topological polar surface area (TPSA) is 30.7 Å². The fraction of sp³-hybridized carbons (Fsp3) is 0.286.